The number of hydrogen-bond acceptors (Lipinski definition) is 5. The highest BCUT2D eigenvalue weighted by molar-refractivity contribution is 7.98. The molecule has 6 rings (SSSR count). The van der Waals surface area contributed by atoms with Gasteiger partial charge in [0.15, 0.2) is 35.7 Å². The van der Waals surface area contributed by atoms with Crippen LogP contribution in [0, 0.1) is 0 Å². The maximum atomic E-state index is 6.34. The molecule has 2 aliphatic heterocycles. The van der Waals surface area contributed by atoms with E-state index in [4.69, 9.17) is 18.9 Å². The predicted octanol–water partition coefficient (Wildman–Crippen LogP) is 5.39. The summed E-state index contributed by atoms with van der Waals surface area (Å²) < 4.78 is 25.5. The van der Waals surface area contributed by atoms with Crippen LogP contribution in [0.5, 0.6) is 23.0 Å². The second-order valence-corrected chi connectivity index (χ2v) is 9.08. The Morgan fingerprint density at radius 1 is 1.00 bits per heavy atom. The van der Waals surface area contributed by atoms with Gasteiger partial charge in [0.2, 0.25) is 12.5 Å². The monoisotopic (exact) mass is 458 g/mol. The van der Waals surface area contributed by atoms with Crippen molar-refractivity contribution in [3.63, 3.8) is 0 Å². The fourth-order valence-corrected chi connectivity index (χ4v) is 4.99. The molecule has 166 valence electrons. The number of hydrogen-bond donors (Lipinski definition) is 0. The van der Waals surface area contributed by atoms with Crippen molar-refractivity contribution < 1.29 is 23.5 Å². The molecule has 0 bridgehead atoms. The number of aryl methyl sites for hydroxylation is 2. The lowest BCUT2D eigenvalue weighted by atomic mass is 9.95. The summed E-state index contributed by atoms with van der Waals surface area (Å²) in [4.78, 5) is 1.24. The number of rotatable bonds is 5. The Kier molecular flexibility index (Phi) is 5.03. The second-order valence-electron chi connectivity index (χ2n) is 8.20. The first-order chi connectivity index (χ1) is 16.2. The zero-order valence-corrected chi connectivity index (χ0v) is 19.4. The molecule has 0 N–H and O–H groups in total. The third-order valence-electron chi connectivity index (χ3n) is 6.34. The Bertz CT molecular complexity index is 1370. The number of aromatic nitrogens is 1. The van der Waals surface area contributed by atoms with E-state index in [0.717, 1.165) is 52.3 Å². The molecule has 0 fully saturated rings. The van der Waals surface area contributed by atoms with E-state index in [9.17, 15) is 0 Å². The second kappa shape index (κ2) is 8.19. The van der Waals surface area contributed by atoms with Crippen LogP contribution in [-0.2, 0) is 19.6 Å². The number of fused-ring (bicyclic) bond motifs is 5. The van der Waals surface area contributed by atoms with Crippen LogP contribution in [0.1, 0.15) is 11.1 Å². The van der Waals surface area contributed by atoms with Crippen molar-refractivity contribution in [1.82, 2.24) is 0 Å². The van der Waals surface area contributed by atoms with E-state index in [1.807, 2.05) is 6.07 Å². The van der Waals surface area contributed by atoms with Gasteiger partial charge in [-0.1, -0.05) is 12.1 Å². The van der Waals surface area contributed by atoms with E-state index in [2.05, 4.69) is 65.6 Å². The first kappa shape index (κ1) is 20.2. The molecule has 0 radical (unpaired) electrons. The minimum atomic E-state index is 0.288. The number of nitrogens with zero attached hydrogens (tertiary/aromatic N) is 1. The van der Waals surface area contributed by atoms with Crippen molar-refractivity contribution in [2.75, 3.05) is 20.2 Å². The molecular weight excluding hydrogens is 434 g/mol. The van der Waals surface area contributed by atoms with Crippen LogP contribution in [0.2, 0.25) is 0 Å². The number of thioether (sulfide) groups is 1. The van der Waals surface area contributed by atoms with Crippen LogP contribution in [-0.4, -0.2) is 20.2 Å². The smallest absolute Gasteiger partial charge is 0.231 e. The molecule has 5 nitrogen and oxygen atoms in total. The summed E-state index contributed by atoms with van der Waals surface area (Å²) >= 11 is 1.74. The van der Waals surface area contributed by atoms with Crippen molar-refractivity contribution in [2.45, 2.75) is 24.5 Å². The summed E-state index contributed by atoms with van der Waals surface area (Å²) in [5.41, 5.74) is 4.78. The maximum Gasteiger partial charge on any atom is 0.231 e. The highest BCUT2D eigenvalue weighted by Crippen LogP contribution is 2.41. The standard InChI is InChI=1S/C27H24NO4S/c1-29-24-8-5-18-11-23-21-13-26-25(31-16-32-26)12-19(21)9-10-28(23)14-22(18)27(24)30-15-17-3-6-20(33-2)7-4-17/h3-8,11-14H,9-10,15-16H2,1-2H3/q+1. The van der Waals surface area contributed by atoms with Gasteiger partial charge >= 0.3 is 0 Å². The molecule has 1 aromatic heterocycles. The van der Waals surface area contributed by atoms with Crippen LogP contribution >= 0.6 is 11.8 Å². The highest BCUT2D eigenvalue weighted by atomic mass is 32.2. The van der Waals surface area contributed by atoms with E-state index < -0.39 is 0 Å². The lowest BCUT2D eigenvalue weighted by Gasteiger charge is -2.18. The lowest BCUT2D eigenvalue weighted by Crippen LogP contribution is -2.40. The number of benzene rings is 3. The molecule has 0 saturated heterocycles. The highest BCUT2D eigenvalue weighted by Gasteiger charge is 2.28. The summed E-state index contributed by atoms with van der Waals surface area (Å²) in [6, 6.07) is 19.0. The van der Waals surface area contributed by atoms with Crippen LogP contribution in [0.3, 0.4) is 0 Å². The van der Waals surface area contributed by atoms with Crippen molar-refractivity contribution in [3.8, 4) is 34.3 Å². The first-order valence-corrected chi connectivity index (χ1v) is 12.2. The predicted molar refractivity (Wildman–Crippen MR) is 129 cm³/mol. The van der Waals surface area contributed by atoms with E-state index in [1.165, 1.54) is 21.7 Å². The van der Waals surface area contributed by atoms with E-state index in [1.54, 1.807) is 18.9 Å². The van der Waals surface area contributed by atoms with E-state index in [-0.39, 0.29) is 6.79 Å². The zero-order valence-electron chi connectivity index (χ0n) is 18.6. The fourth-order valence-electron chi connectivity index (χ4n) is 4.58. The Labute approximate surface area is 196 Å². The average molecular weight is 459 g/mol. The minimum Gasteiger partial charge on any atom is -0.493 e. The van der Waals surface area contributed by atoms with Gasteiger partial charge in [-0.05, 0) is 59.2 Å². The normalized spacial score (nSPS) is 13.5. The third-order valence-corrected chi connectivity index (χ3v) is 7.08. The summed E-state index contributed by atoms with van der Waals surface area (Å²) in [5.74, 6) is 3.17. The SMILES string of the molecule is COc1ccc2cc3[n+](cc2c1OCc1ccc(SC)cc1)CCc1cc2c(cc1-3)OCO2. The largest absolute Gasteiger partial charge is 0.493 e. The Morgan fingerprint density at radius 2 is 1.82 bits per heavy atom. The van der Waals surface area contributed by atoms with Gasteiger partial charge in [0.25, 0.3) is 0 Å². The van der Waals surface area contributed by atoms with E-state index in [0.29, 0.717) is 6.61 Å². The molecule has 3 heterocycles. The minimum absolute atomic E-state index is 0.288. The molecule has 33 heavy (non-hydrogen) atoms. The maximum absolute atomic E-state index is 6.34. The molecule has 0 spiro atoms. The van der Waals surface area contributed by atoms with Gasteiger partial charge in [-0.3, -0.25) is 0 Å². The van der Waals surface area contributed by atoms with Crippen LogP contribution in [0.4, 0.5) is 0 Å². The van der Waals surface area contributed by atoms with Crippen molar-refractivity contribution in [2.24, 2.45) is 0 Å². The first-order valence-electron chi connectivity index (χ1n) is 11.0. The molecule has 2 aliphatic rings. The zero-order chi connectivity index (χ0) is 22.4. The van der Waals surface area contributed by atoms with Gasteiger partial charge in [-0.15, -0.1) is 11.8 Å². The molecular formula is C27H24NO4S+. The van der Waals surface area contributed by atoms with Crippen molar-refractivity contribution >= 4 is 22.5 Å². The topological polar surface area (TPSA) is 40.8 Å². The average Bonchev–Trinajstić information content (AvgIpc) is 3.32. The molecule has 0 aliphatic carbocycles. The Hall–Kier alpha value is -3.38. The third kappa shape index (κ3) is 3.55. The summed E-state index contributed by atoms with van der Waals surface area (Å²) in [6.45, 7) is 1.67. The van der Waals surface area contributed by atoms with Gasteiger partial charge < -0.3 is 18.9 Å². The van der Waals surface area contributed by atoms with Gasteiger partial charge in [-0.2, -0.15) is 4.57 Å². The van der Waals surface area contributed by atoms with Gasteiger partial charge in [0.1, 0.15) is 6.61 Å². The molecule has 3 aromatic carbocycles. The van der Waals surface area contributed by atoms with Crippen LogP contribution < -0.4 is 23.5 Å². The molecule has 0 atom stereocenters. The number of ether oxygens (including phenoxy) is 4. The summed E-state index contributed by atoms with van der Waals surface area (Å²) in [5, 5.41) is 2.16. The Morgan fingerprint density at radius 3 is 2.61 bits per heavy atom. The van der Waals surface area contributed by atoms with Crippen LogP contribution in [0.25, 0.3) is 22.0 Å². The summed E-state index contributed by atoms with van der Waals surface area (Å²) in [7, 11) is 1.69. The summed E-state index contributed by atoms with van der Waals surface area (Å²) in [6.07, 6.45) is 5.21. The molecule has 0 saturated carbocycles. The molecule has 4 aromatic rings. The van der Waals surface area contributed by atoms with Crippen molar-refractivity contribution in [1.29, 1.82) is 0 Å². The lowest BCUT2D eigenvalue weighted by molar-refractivity contribution is -0.686. The van der Waals surface area contributed by atoms with Gasteiger partial charge in [-0.25, -0.2) is 0 Å². The van der Waals surface area contributed by atoms with Gasteiger partial charge in [0.05, 0.1) is 18.1 Å². The van der Waals surface area contributed by atoms with Gasteiger partial charge in [0, 0.05) is 17.4 Å². The van der Waals surface area contributed by atoms with Crippen molar-refractivity contribution in [3.05, 3.63) is 71.9 Å². The number of methoxy groups -OCH3 is 1. The van der Waals surface area contributed by atoms with Crippen LogP contribution in [0.15, 0.2) is 65.7 Å². The molecule has 0 unspecified atom stereocenters. The van der Waals surface area contributed by atoms with E-state index >= 15 is 0 Å². The molecule has 0 amide bonds. The fraction of sp³-hybridized carbons (Fsp3) is 0.222. The number of pyridine rings is 1. The quantitative estimate of drug-likeness (QED) is 0.296. The Balaban J connectivity index is 1.40. The molecule has 6 heteroatoms.